The van der Waals surface area contributed by atoms with E-state index < -0.39 is 5.41 Å². The fourth-order valence-corrected chi connectivity index (χ4v) is 2.42. The SMILES string of the molecule is COc1ccc(Cl)cc1NC(=O)C1(/C(N)=N/O)CCC1. The van der Waals surface area contributed by atoms with Gasteiger partial charge in [0, 0.05) is 5.02 Å². The summed E-state index contributed by atoms with van der Waals surface area (Å²) in [6.45, 7) is 0. The fraction of sp³-hybridized carbons (Fsp3) is 0.385. The summed E-state index contributed by atoms with van der Waals surface area (Å²) in [4.78, 5) is 12.4. The van der Waals surface area contributed by atoms with E-state index in [1.54, 1.807) is 18.2 Å². The Kier molecular flexibility index (Phi) is 4.04. The molecule has 1 aromatic rings. The third-order valence-corrected chi connectivity index (χ3v) is 3.88. The molecule has 1 aromatic carbocycles. The predicted octanol–water partition coefficient (Wildman–Crippen LogP) is 2.20. The van der Waals surface area contributed by atoms with Gasteiger partial charge in [-0.25, -0.2) is 0 Å². The number of nitrogens with one attached hydrogen (secondary N) is 1. The van der Waals surface area contributed by atoms with Crippen molar-refractivity contribution < 1.29 is 14.7 Å². The van der Waals surface area contributed by atoms with Crippen LogP contribution < -0.4 is 15.8 Å². The molecular weight excluding hydrogens is 282 g/mol. The number of nitrogens with zero attached hydrogens (tertiary/aromatic N) is 1. The quantitative estimate of drug-likeness (QED) is 0.343. The van der Waals surface area contributed by atoms with Crippen molar-refractivity contribution in [2.75, 3.05) is 12.4 Å². The number of hydrogen-bond donors (Lipinski definition) is 3. The van der Waals surface area contributed by atoms with Crippen LogP contribution in [-0.4, -0.2) is 24.1 Å². The van der Waals surface area contributed by atoms with Crippen LogP contribution >= 0.6 is 11.6 Å². The molecule has 0 saturated heterocycles. The van der Waals surface area contributed by atoms with Crippen molar-refractivity contribution in [1.82, 2.24) is 0 Å². The fourth-order valence-electron chi connectivity index (χ4n) is 2.25. The normalized spacial score (nSPS) is 17.2. The molecule has 1 aliphatic rings. The predicted molar refractivity (Wildman–Crippen MR) is 76.3 cm³/mol. The van der Waals surface area contributed by atoms with Crippen LogP contribution in [0.5, 0.6) is 5.75 Å². The van der Waals surface area contributed by atoms with Crippen LogP contribution in [-0.2, 0) is 4.79 Å². The first-order chi connectivity index (χ1) is 9.53. The number of carbonyl (C=O) groups excluding carboxylic acids is 1. The Morgan fingerprint density at radius 2 is 2.25 bits per heavy atom. The molecule has 1 saturated carbocycles. The first-order valence-electron chi connectivity index (χ1n) is 6.16. The van der Waals surface area contributed by atoms with Crippen molar-refractivity contribution >= 4 is 29.0 Å². The van der Waals surface area contributed by atoms with Crippen molar-refractivity contribution in [3.8, 4) is 5.75 Å². The number of carbonyl (C=O) groups is 1. The lowest BCUT2D eigenvalue weighted by atomic mass is 9.67. The zero-order valence-corrected chi connectivity index (χ0v) is 11.8. The molecule has 0 aromatic heterocycles. The number of amides is 1. The third-order valence-electron chi connectivity index (χ3n) is 3.65. The van der Waals surface area contributed by atoms with Gasteiger partial charge in [0.15, 0.2) is 5.84 Å². The van der Waals surface area contributed by atoms with Gasteiger partial charge in [0.05, 0.1) is 12.8 Å². The standard InChI is InChI=1S/C13H16ClN3O3/c1-20-10-4-3-8(14)7-9(10)16-12(18)13(5-2-6-13)11(15)17-19/h3-4,7,19H,2,5-6H2,1H3,(H2,15,17)(H,16,18). The summed E-state index contributed by atoms with van der Waals surface area (Å²) in [7, 11) is 1.50. The second-order valence-corrected chi connectivity index (χ2v) is 5.16. The number of benzene rings is 1. The minimum atomic E-state index is -0.942. The Hall–Kier alpha value is -1.95. The first kappa shape index (κ1) is 14.5. The smallest absolute Gasteiger partial charge is 0.238 e. The summed E-state index contributed by atoms with van der Waals surface area (Å²) in [6, 6.07) is 4.92. The summed E-state index contributed by atoms with van der Waals surface area (Å²) in [5, 5.41) is 15.0. The Morgan fingerprint density at radius 1 is 1.55 bits per heavy atom. The molecule has 1 amide bonds. The number of anilines is 1. The lowest BCUT2D eigenvalue weighted by Gasteiger charge is -2.38. The highest BCUT2D eigenvalue weighted by Crippen LogP contribution is 2.42. The topological polar surface area (TPSA) is 96.9 Å². The highest BCUT2D eigenvalue weighted by molar-refractivity contribution is 6.31. The van der Waals surface area contributed by atoms with Crippen LogP contribution in [0.1, 0.15) is 19.3 Å². The zero-order valence-electron chi connectivity index (χ0n) is 11.0. The average Bonchev–Trinajstić information content (AvgIpc) is 2.37. The van der Waals surface area contributed by atoms with Crippen molar-refractivity contribution in [3.63, 3.8) is 0 Å². The average molecular weight is 298 g/mol. The second kappa shape index (κ2) is 5.58. The van der Waals surface area contributed by atoms with Crippen LogP contribution in [0.2, 0.25) is 5.02 Å². The van der Waals surface area contributed by atoms with E-state index in [0.29, 0.717) is 29.3 Å². The number of amidine groups is 1. The molecule has 6 nitrogen and oxygen atoms in total. The maximum atomic E-state index is 12.4. The van der Waals surface area contributed by atoms with E-state index in [0.717, 1.165) is 6.42 Å². The van der Waals surface area contributed by atoms with E-state index in [4.69, 9.17) is 27.3 Å². The van der Waals surface area contributed by atoms with E-state index in [1.165, 1.54) is 7.11 Å². The molecular formula is C13H16ClN3O3. The number of methoxy groups -OCH3 is 1. The van der Waals surface area contributed by atoms with E-state index in [-0.39, 0.29) is 11.7 Å². The molecule has 0 unspecified atom stereocenters. The number of hydrogen-bond acceptors (Lipinski definition) is 4. The number of halogens is 1. The van der Waals surface area contributed by atoms with Gasteiger partial charge in [-0.1, -0.05) is 23.2 Å². The summed E-state index contributed by atoms with van der Waals surface area (Å²) >= 11 is 5.91. The maximum absolute atomic E-state index is 12.4. The molecule has 0 atom stereocenters. The van der Waals surface area contributed by atoms with Crippen LogP contribution in [0.4, 0.5) is 5.69 Å². The third kappa shape index (κ3) is 2.38. The highest BCUT2D eigenvalue weighted by atomic mass is 35.5. The molecule has 108 valence electrons. The minimum absolute atomic E-state index is 0.0674. The minimum Gasteiger partial charge on any atom is -0.495 e. The Labute approximate surface area is 121 Å². The molecule has 0 spiro atoms. The van der Waals surface area contributed by atoms with Gasteiger partial charge >= 0.3 is 0 Å². The van der Waals surface area contributed by atoms with Gasteiger partial charge in [-0.3, -0.25) is 4.79 Å². The number of oxime groups is 1. The van der Waals surface area contributed by atoms with E-state index in [1.807, 2.05) is 0 Å². The summed E-state index contributed by atoms with van der Waals surface area (Å²) in [6.07, 6.45) is 1.96. The number of ether oxygens (including phenoxy) is 1. The lowest BCUT2D eigenvalue weighted by Crippen LogP contribution is -2.51. The van der Waals surface area contributed by atoms with Crippen LogP contribution in [0, 0.1) is 5.41 Å². The van der Waals surface area contributed by atoms with Gasteiger partial charge in [0.25, 0.3) is 0 Å². The lowest BCUT2D eigenvalue weighted by molar-refractivity contribution is -0.125. The second-order valence-electron chi connectivity index (χ2n) is 4.72. The molecule has 20 heavy (non-hydrogen) atoms. The molecule has 0 aliphatic heterocycles. The van der Waals surface area contributed by atoms with Gasteiger partial charge < -0.3 is 21.0 Å². The van der Waals surface area contributed by atoms with Gasteiger partial charge in [0.2, 0.25) is 5.91 Å². The summed E-state index contributed by atoms with van der Waals surface area (Å²) in [5.41, 5.74) is 5.17. The van der Waals surface area contributed by atoms with E-state index in [2.05, 4.69) is 10.5 Å². The van der Waals surface area contributed by atoms with Crippen LogP contribution in [0.3, 0.4) is 0 Å². The Bertz CT molecular complexity index is 556. The zero-order chi connectivity index (χ0) is 14.8. The molecule has 0 heterocycles. The number of rotatable bonds is 4. The molecule has 0 bridgehead atoms. The molecule has 2 rings (SSSR count). The van der Waals surface area contributed by atoms with Gasteiger partial charge in [-0.2, -0.15) is 0 Å². The van der Waals surface area contributed by atoms with Crippen LogP contribution in [0.15, 0.2) is 23.4 Å². The monoisotopic (exact) mass is 297 g/mol. The van der Waals surface area contributed by atoms with E-state index >= 15 is 0 Å². The summed E-state index contributed by atoms with van der Waals surface area (Å²) < 4.78 is 5.17. The van der Waals surface area contributed by atoms with Gasteiger partial charge in [-0.15, -0.1) is 0 Å². The van der Waals surface area contributed by atoms with Crippen molar-refractivity contribution in [2.45, 2.75) is 19.3 Å². The summed E-state index contributed by atoms with van der Waals surface area (Å²) in [5.74, 6) is 0.110. The molecule has 1 fully saturated rings. The van der Waals surface area contributed by atoms with Gasteiger partial charge in [-0.05, 0) is 31.0 Å². The van der Waals surface area contributed by atoms with E-state index in [9.17, 15) is 4.79 Å². The Morgan fingerprint density at radius 3 is 2.75 bits per heavy atom. The van der Waals surface area contributed by atoms with Crippen molar-refractivity contribution in [2.24, 2.45) is 16.3 Å². The first-order valence-corrected chi connectivity index (χ1v) is 6.54. The highest BCUT2D eigenvalue weighted by Gasteiger charge is 2.48. The van der Waals surface area contributed by atoms with Crippen molar-refractivity contribution in [1.29, 1.82) is 0 Å². The molecule has 7 heteroatoms. The Balaban J connectivity index is 2.26. The van der Waals surface area contributed by atoms with Gasteiger partial charge in [0.1, 0.15) is 11.2 Å². The van der Waals surface area contributed by atoms with Crippen molar-refractivity contribution in [3.05, 3.63) is 23.2 Å². The molecule has 1 aliphatic carbocycles. The number of nitrogens with two attached hydrogens (primary N) is 1. The largest absolute Gasteiger partial charge is 0.495 e. The maximum Gasteiger partial charge on any atom is 0.238 e. The van der Waals surface area contributed by atoms with Crippen LogP contribution in [0.25, 0.3) is 0 Å². The molecule has 0 radical (unpaired) electrons. The molecule has 4 N–H and O–H groups in total.